The average molecular weight is 582 g/mol. The van der Waals surface area contributed by atoms with E-state index in [-0.39, 0.29) is 23.7 Å². The maximum Gasteiger partial charge on any atom is 0.252 e. The topological polar surface area (TPSA) is 104 Å². The van der Waals surface area contributed by atoms with E-state index in [1.54, 1.807) is 40.8 Å². The molecule has 3 aromatic carbocycles. The van der Waals surface area contributed by atoms with Gasteiger partial charge in [0.25, 0.3) is 5.91 Å². The van der Waals surface area contributed by atoms with Gasteiger partial charge in [0.1, 0.15) is 5.75 Å². The number of rotatable bonds is 8. The first-order valence-corrected chi connectivity index (χ1v) is 15.3. The van der Waals surface area contributed by atoms with Crippen molar-refractivity contribution < 1.29 is 18.5 Å². The standard InChI is InChI=1S/C32H29N3O4S.C2H6/c1-18-10-19(2)31(20(3)11-18)40(38)35-16-27(25-7-6-22(13-28(25)35)21-4-5-21)29(36)17-39-30-14-24-15-34-9-8-23(24)12-26(30)32(33)37;1-2/h6-16,21H,4-5,17H2,1-3H3,(H2,33,37);1-2H3. The lowest BCUT2D eigenvalue weighted by Gasteiger charge is -2.13. The summed E-state index contributed by atoms with van der Waals surface area (Å²) in [7, 11) is -1.56. The van der Waals surface area contributed by atoms with E-state index in [9.17, 15) is 13.8 Å². The number of hydrogen-bond donors (Lipinski definition) is 1. The number of primary amides is 1. The smallest absolute Gasteiger partial charge is 0.252 e. The Morgan fingerprint density at radius 2 is 1.69 bits per heavy atom. The molecular weight excluding hydrogens is 546 g/mol. The number of benzene rings is 3. The van der Waals surface area contributed by atoms with E-state index in [0.29, 0.717) is 16.9 Å². The fourth-order valence-electron chi connectivity index (χ4n) is 5.43. The third-order valence-corrected chi connectivity index (χ3v) is 9.12. The number of ether oxygens (including phenoxy) is 1. The molecule has 7 nitrogen and oxygen atoms in total. The molecule has 42 heavy (non-hydrogen) atoms. The van der Waals surface area contributed by atoms with Gasteiger partial charge in [-0.05, 0) is 85.9 Å². The Bertz CT molecular complexity index is 1850. The molecule has 2 aromatic heterocycles. The van der Waals surface area contributed by atoms with Crippen LogP contribution >= 0.6 is 0 Å². The van der Waals surface area contributed by atoms with Crippen LogP contribution in [0.25, 0.3) is 21.7 Å². The van der Waals surface area contributed by atoms with Gasteiger partial charge in [-0.15, -0.1) is 0 Å². The van der Waals surface area contributed by atoms with Gasteiger partial charge in [-0.2, -0.15) is 0 Å². The normalized spacial score (nSPS) is 13.5. The molecule has 1 atom stereocenters. The van der Waals surface area contributed by atoms with Crippen LogP contribution in [0.3, 0.4) is 0 Å². The summed E-state index contributed by atoms with van der Waals surface area (Å²) in [6, 6.07) is 15.2. The fourth-order valence-corrected chi connectivity index (χ4v) is 6.83. The Morgan fingerprint density at radius 3 is 2.36 bits per heavy atom. The molecule has 5 aromatic rings. The van der Waals surface area contributed by atoms with Crippen molar-refractivity contribution >= 4 is 44.4 Å². The van der Waals surface area contributed by atoms with E-state index < -0.39 is 16.9 Å². The number of carbonyl (C=O) groups is 2. The second-order valence-corrected chi connectivity index (χ2v) is 11.8. The lowest BCUT2D eigenvalue weighted by Crippen LogP contribution is -2.16. The zero-order valence-corrected chi connectivity index (χ0v) is 25.4. The van der Waals surface area contributed by atoms with E-state index >= 15 is 0 Å². The minimum absolute atomic E-state index is 0.189. The molecule has 1 fully saturated rings. The maximum absolute atomic E-state index is 14.0. The second-order valence-electron chi connectivity index (χ2n) is 10.5. The third kappa shape index (κ3) is 5.59. The number of aryl methyl sites for hydroxylation is 3. The van der Waals surface area contributed by atoms with E-state index in [2.05, 4.69) is 17.1 Å². The van der Waals surface area contributed by atoms with Crippen LogP contribution in [-0.2, 0) is 11.0 Å². The van der Waals surface area contributed by atoms with Crippen molar-refractivity contribution in [3.8, 4) is 5.75 Å². The quantitative estimate of drug-likeness (QED) is 0.200. The number of nitrogens with two attached hydrogens (primary N) is 1. The molecule has 2 heterocycles. The monoisotopic (exact) mass is 581 g/mol. The summed E-state index contributed by atoms with van der Waals surface area (Å²) in [4.78, 5) is 30.6. The Kier molecular flexibility index (Phi) is 8.27. The number of nitrogens with zero attached hydrogens (tertiary/aromatic N) is 2. The van der Waals surface area contributed by atoms with Gasteiger partial charge in [0.2, 0.25) is 5.78 Å². The first-order chi connectivity index (χ1) is 20.2. The van der Waals surface area contributed by atoms with Gasteiger partial charge in [-0.1, -0.05) is 43.7 Å². The fraction of sp³-hybridized carbons (Fsp3) is 0.265. The molecule has 1 aliphatic rings. The van der Waals surface area contributed by atoms with E-state index in [0.717, 1.165) is 50.7 Å². The summed E-state index contributed by atoms with van der Waals surface area (Å²) in [6.07, 6.45) is 7.22. The van der Waals surface area contributed by atoms with Crippen molar-refractivity contribution in [3.05, 3.63) is 101 Å². The van der Waals surface area contributed by atoms with Crippen LogP contribution < -0.4 is 10.5 Å². The third-order valence-electron chi connectivity index (χ3n) is 7.47. The summed E-state index contributed by atoms with van der Waals surface area (Å²) in [5.74, 6) is -0.222. The minimum Gasteiger partial charge on any atom is -0.485 e. The number of hydrogen-bond acceptors (Lipinski definition) is 5. The first-order valence-electron chi connectivity index (χ1n) is 14.2. The van der Waals surface area contributed by atoms with Gasteiger partial charge < -0.3 is 10.5 Å². The predicted octanol–water partition coefficient (Wildman–Crippen LogP) is 6.95. The molecule has 8 heteroatoms. The Labute approximate surface area is 248 Å². The number of ketones is 1. The number of aromatic nitrogens is 2. The highest BCUT2D eigenvalue weighted by Crippen LogP contribution is 2.41. The maximum atomic E-state index is 14.0. The number of pyridine rings is 1. The summed E-state index contributed by atoms with van der Waals surface area (Å²) >= 11 is 0. The molecule has 2 N–H and O–H groups in total. The summed E-state index contributed by atoms with van der Waals surface area (Å²) in [5, 5.41) is 2.27. The highest BCUT2D eigenvalue weighted by molar-refractivity contribution is 7.83. The lowest BCUT2D eigenvalue weighted by atomic mass is 10.1. The van der Waals surface area contributed by atoms with Crippen LogP contribution in [0.2, 0.25) is 0 Å². The first kappa shape index (κ1) is 29.2. The molecule has 1 aliphatic carbocycles. The van der Waals surface area contributed by atoms with E-state index in [1.165, 1.54) is 5.56 Å². The average Bonchev–Trinajstić information content (AvgIpc) is 3.76. The largest absolute Gasteiger partial charge is 0.485 e. The summed E-state index contributed by atoms with van der Waals surface area (Å²) in [5.41, 5.74) is 11.1. The molecule has 0 bridgehead atoms. The zero-order chi connectivity index (χ0) is 30.1. The highest BCUT2D eigenvalue weighted by Gasteiger charge is 2.27. The molecule has 1 amide bonds. The van der Waals surface area contributed by atoms with Gasteiger partial charge in [-0.3, -0.25) is 18.5 Å². The minimum atomic E-state index is -1.56. The Morgan fingerprint density at radius 1 is 0.976 bits per heavy atom. The van der Waals surface area contributed by atoms with Crippen LogP contribution in [0, 0.1) is 20.8 Å². The second kappa shape index (κ2) is 11.9. The van der Waals surface area contributed by atoms with Crippen LogP contribution in [0.4, 0.5) is 0 Å². The van der Waals surface area contributed by atoms with Gasteiger partial charge in [0, 0.05) is 34.9 Å². The molecule has 6 rings (SSSR count). The van der Waals surface area contributed by atoms with Crippen LogP contribution in [-0.4, -0.2) is 31.5 Å². The van der Waals surface area contributed by atoms with Crippen LogP contribution in [0.15, 0.2) is 72.0 Å². The van der Waals surface area contributed by atoms with Crippen LogP contribution in [0.5, 0.6) is 5.75 Å². The molecule has 0 spiro atoms. The molecule has 0 aliphatic heterocycles. The predicted molar refractivity (Wildman–Crippen MR) is 168 cm³/mol. The van der Waals surface area contributed by atoms with E-state index in [1.807, 2.05) is 52.8 Å². The van der Waals surface area contributed by atoms with Crippen molar-refractivity contribution in [3.63, 3.8) is 0 Å². The van der Waals surface area contributed by atoms with Crippen molar-refractivity contribution in [2.75, 3.05) is 6.61 Å². The summed E-state index contributed by atoms with van der Waals surface area (Å²) < 4.78 is 21.6. The van der Waals surface area contributed by atoms with Crippen molar-refractivity contribution in [2.45, 2.75) is 58.3 Å². The van der Waals surface area contributed by atoms with E-state index in [4.69, 9.17) is 10.5 Å². The number of amides is 1. The molecule has 0 saturated heterocycles. The number of fused-ring (bicyclic) bond motifs is 2. The van der Waals surface area contributed by atoms with Gasteiger partial charge >= 0.3 is 0 Å². The SMILES string of the molecule is CC.Cc1cc(C)c(S(=O)n2cc(C(=O)COc3cc4cnccc4cc3C(N)=O)c3ccc(C4CC4)cc32)c(C)c1. The number of Topliss-reactive ketones (excluding diaryl/α,β-unsaturated/α-hetero) is 1. The van der Waals surface area contributed by atoms with Gasteiger partial charge in [0.05, 0.1) is 16.0 Å². The van der Waals surface area contributed by atoms with Gasteiger partial charge in [0.15, 0.2) is 17.6 Å². The molecule has 216 valence electrons. The van der Waals surface area contributed by atoms with Gasteiger partial charge in [-0.25, -0.2) is 4.21 Å². The summed E-state index contributed by atoms with van der Waals surface area (Å²) in [6.45, 7) is 9.63. The van der Waals surface area contributed by atoms with Crippen molar-refractivity contribution in [1.82, 2.24) is 8.96 Å². The molecular formula is C34H35N3O4S. The highest BCUT2D eigenvalue weighted by atomic mass is 32.2. The van der Waals surface area contributed by atoms with Crippen molar-refractivity contribution in [1.29, 1.82) is 0 Å². The zero-order valence-electron chi connectivity index (χ0n) is 24.6. The molecule has 1 unspecified atom stereocenters. The van der Waals surface area contributed by atoms with Crippen LogP contribution in [0.1, 0.15) is 75.6 Å². The molecule has 0 radical (unpaired) electrons. The Balaban J connectivity index is 0.00000173. The lowest BCUT2D eigenvalue weighted by molar-refractivity contribution is 0.0914. The Hall–Kier alpha value is -4.30. The number of carbonyl (C=O) groups excluding carboxylic acids is 2. The molecule has 1 saturated carbocycles. The van der Waals surface area contributed by atoms with Crippen molar-refractivity contribution in [2.24, 2.45) is 5.73 Å².